The van der Waals surface area contributed by atoms with Gasteiger partial charge in [0.15, 0.2) is 0 Å². The maximum Gasteiger partial charge on any atom is 0.239 e. The summed E-state index contributed by atoms with van der Waals surface area (Å²) in [4.78, 5) is 21.6. The van der Waals surface area contributed by atoms with E-state index < -0.39 is 18.0 Å². The maximum absolute atomic E-state index is 11.0. The van der Waals surface area contributed by atoms with E-state index in [2.05, 4.69) is 5.32 Å². The van der Waals surface area contributed by atoms with Crippen LogP contribution in [-0.4, -0.2) is 23.9 Å². The number of hydrogen-bond donors (Lipinski definition) is 3. The number of nitrogens with one attached hydrogen (secondary N) is 1. The Kier molecular flexibility index (Phi) is 4.28. The molecule has 0 bridgehead atoms. The molecule has 5 heteroatoms. The molecule has 12 heavy (non-hydrogen) atoms. The molecule has 0 rings (SSSR count). The summed E-state index contributed by atoms with van der Waals surface area (Å²) in [6.07, 6.45) is 0.539. The van der Waals surface area contributed by atoms with Crippen LogP contribution >= 0.6 is 0 Å². The largest absolute Gasteiger partial charge is 0.368 e. The molecule has 0 saturated heterocycles. The van der Waals surface area contributed by atoms with E-state index in [0.29, 0.717) is 6.42 Å². The first-order valence-corrected chi connectivity index (χ1v) is 3.84. The van der Waals surface area contributed by atoms with Crippen molar-refractivity contribution in [3.63, 3.8) is 0 Å². The molecule has 0 unspecified atom stereocenters. The summed E-state index contributed by atoms with van der Waals surface area (Å²) in [5.41, 5.74) is 10.3. The van der Waals surface area contributed by atoms with Gasteiger partial charge in [-0.05, 0) is 13.3 Å². The zero-order valence-electron chi connectivity index (χ0n) is 7.33. The Morgan fingerprint density at radius 2 is 2.00 bits per heavy atom. The van der Waals surface area contributed by atoms with Crippen molar-refractivity contribution < 1.29 is 9.59 Å². The molecule has 2 amide bonds. The summed E-state index contributed by atoms with van der Waals surface area (Å²) >= 11 is 0. The first-order chi connectivity index (χ1) is 5.49. The zero-order valence-corrected chi connectivity index (χ0v) is 7.33. The fourth-order valence-corrected chi connectivity index (χ4v) is 0.577. The highest BCUT2D eigenvalue weighted by Crippen LogP contribution is 1.87. The Morgan fingerprint density at radius 3 is 2.33 bits per heavy atom. The lowest BCUT2D eigenvalue weighted by atomic mass is 10.2. The molecule has 0 aromatic heterocycles. The van der Waals surface area contributed by atoms with E-state index in [0.717, 1.165) is 0 Å². The highest BCUT2D eigenvalue weighted by molar-refractivity contribution is 5.88. The highest BCUT2D eigenvalue weighted by Gasteiger charge is 2.16. The molecule has 0 aromatic rings. The topological polar surface area (TPSA) is 98.2 Å². The number of hydrogen-bond acceptors (Lipinski definition) is 3. The minimum atomic E-state index is -0.657. The fourth-order valence-electron chi connectivity index (χ4n) is 0.577. The predicted molar refractivity (Wildman–Crippen MR) is 45.1 cm³/mol. The molecule has 0 saturated carbocycles. The average Bonchev–Trinajstić information content (AvgIpc) is 2.02. The molecule has 0 heterocycles. The van der Waals surface area contributed by atoms with Crippen LogP contribution in [0.15, 0.2) is 0 Å². The molecule has 0 radical (unpaired) electrons. The van der Waals surface area contributed by atoms with Crippen LogP contribution < -0.4 is 16.8 Å². The van der Waals surface area contributed by atoms with Crippen molar-refractivity contribution in [3.8, 4) is 0 Å². The van der Waals surface area contributed by atoms with E-state index in [-0.39, 0.29) is 5.91 Å². The number of amides is 2. The monoisotopic (exact) mass is 173 g/mol. The molecule has 5 nitrogen and oxygen atoms in total. The van der Waals surface area contributed by atoms with Gasteiger partial charge in [-0.2, -0.15) is 0 Å². The molecule has 0 spiro atoms. The second-order valence-electron chi connectivity index (χ2n) is 2.65. The summed E-state index contributed by atoms with van der Waals surface area (Å²) in [5, 5.41) is 2.39. The molecule has 2 atom stereocenters. The second kappa shape index (κ2) is 4.71. The number of carbonyl (C=O) groups is 2. The van der Waals surface area contributed by atoms with Gasteiger partial charge >= 0.3 is 0 Å². The van der Waals surface area contributed by atoms with Crippen molar-refractivity contribution in [2.75, 3.05) is 0 Å². The van der Waals surface area contributed by atoms with Crippen molar-refractivity contribution >= 4 is 11.8 Å². The van der Waals surface area contributed by atoms with Crippen LogP contribution in [0.25, 0.3) is 0 Å². The SMILES string of the molecule is CC[C@H](N)C(=O)N[C@H](C)C(N)=O. The van der Waals surface area contributed by atoms with Crippen LogP contribution in [0.2, 0.25) is 0 Å². The summed E-state index contributed by atoms with van der Waals surface area (Å²) in [6.45, 7) is 3.31. The van der Waals surface area contributed by atoms with Crippen molar-refractivity contribution in [1.82, 2.24) is 5.32 Å². The Morgan fingerprint density at radius 1 is 1.50 bits per heavy atom. The third-order valence-corrected chi connectivity index (χ3v) is 1.56. The van der Waals surface area contributed by atoms with Gasteiger partial charge in [-0.25, -0.2) is 0 Å². The normalized spacial score (nSPS) is 14.9. The molecule has 70 valence electrons. The number of carbonyl (C=O) groups excluding carboxylic acids is 2. The van der Waals surface area contributed by atoms with E-state index >= 15 is 0 Å². The van der Waals surface area contributed by atoms with Gasteiger partial charge in [0.2, 0.25) is 11.8 Å². The molecule has 5 N–H and O–H groups in total. The summed E-state index contributed by atoms with van der Waals surface area (Å²) in [5.74, 6) is -0.907. The molecule has 0 aliphatic heterocycles. The van der Waals surface area contributed by atoms with E-state index in [9.17, 15) is 9.59 Å². The van der Waals surface area contributed by atoms with Crippen LogP contribution in [-0.2, 0) is 9.59 Å². The number of primary amides is 1. The zero-order chi connectivity index (χ0) is 9.72. The summed E-state index contributed by atoms with van der Waals surface area (Å²) in [6, 6.07) is -1.22. The van der Waals surface area contributed by atoms with Gasteiger partial charge in [-0.1, -0.05) is 6.92 Å². The minimum absolute atomic E-state index is 0.344. The van der Waals surface area contributed by atoms with Gasteiger partial charge in [0, 0.05) is 0 Å². The van der Waals surface area contributed by atoms with Gasteiger partial charge in [-0.3, -0.25) is 9.59 Å². The van der Waals surface area contributed by atoms with Gasteiger partial charge in [0.25, 0.3) is 0 Å². The molecule has 0 aliphatic rings. The number of nitrogens with two attached hydrogens (primary N) is 2. The Hall–Kier alpha value is -1.10. The molecular formula is C7H15N3O2. The Bertz CT molecular complexity index is 181. The highest BCUT2D eigenvalue weighted by atomic mass is 16.2. The lowest BCUT2D eigenvalue weighted by molar-refractivity contribution is -0.127. The van der Waals surface area contributed by atoms with Crippen LogP contribution in [0.1, 0.15) is 20.3 Å². The van der Waals surface area contributed by atoms with E-state index in [1.807, 2.05) is 0 Å². The first kappa shape index (κ1) is 10.9. The molecular weight excluding hydrogens is 158 g/mol. The van der Waals surface area contributed by atoms with Gasteiger partial charge in [0.1, 0.15) is 6.04 Å². The standard InChI is InChI=1S/C7H15N3O2/c1-3-5(8)7(12)10-4(2)6(9)11/h4-5H,3,8H2,1-2H3,(H2,9,11)(H,10,12)/t4-,5+/m1/s1. The molecule has 0 aromatic carbocycles. The number of rotatable bonds is 4. The first-order valence-electron chi connectivity index (χ1n) is 3.84. The smallest absolute Gasteiger partial charge is 0.239 e. The van der Waals surface area contributed by atoms with Crippen molar-refractivity contribution in [1.29, 1.82) is 0 Å². The third kappa shape index (κ3) is 3.34. The maximum atomic E-state index is 11.0. The molecule has 0 fully saturated rings. The van der Waals surface area contributed by atoms with Crippen LogP contribution in [0.3, 0.4) is 0 Å². The van der Waals surface area contributed by atoms with Gasteiger partial charge in [0.05, 0.1) is 6.04 Å². The Balaban J connectivity index is 3.92. The quantitative estimate of drug-likeness (QED) is 0.493. The van der Waals surface area contributed by atoms with Gasteiger partial charge in [-0.15, -0.1) is 0 Å². The van der Waals surface area contributed by atoms with Crippen LogP contribution in [0, 0.1) is 0 Å². The van der Waals surface area contributed by atoms with Crippen molar-refractivity contribution in [2.45, 2.75) is 32.4 Å². The third-order valence-electron chi connectivity index (χ3n) is 1.56. The summed E-state index contributed by atoms with van der Waals surface area (Å²) in [7, 11) is 0. The molecule has 0 aliphatic carbocycles. The lowest BCUT2D eigenvalue weighted by Gasteiger charge is -2.13. The average molecular weight is 173 g/mol. The van der Waals surface area contributed by atoms with E-state index in [1.165, 1.54) is 6.92 Å². The minimum Gasteiger partial charge on any atom is -0.368 e. The van der Waals surface area contributed by atoms with Gasteiger partial charge < -0.3 is 16.8 Å². The predicted octanol–water partition coefficient (Wildman–Crippen LogP) is -1.29. The van der Waals surface area contributed by atoms with Crippen LogP contribution in [0.5, 0.6) is 0 Å². The fraction of sp³-hybridized carbons (Fsp3) is 0.714. The Labute approximate surface area is 71.5 Å². The van der Waals surface area contributed by atoms with Crippen molar-refractivity contribution in [2.24, 2.45) is 11.5 Å². The lowest BCUT2D eigenvalue weighted by Crippen LogP contribution is -2.48. The van der Waals surface area contributed by atoms with E-state index in [4.69, 9.17) is 11.5 Å². The van der Waals surface area contributed by atoms with E-state index in [1.54, 1.807) is 6.92 Å². The second-order valence-corrected chi connectivity index (χ2v) is 2.65. The van der Waals surface area contributed by atoms with Crippen LogP contribution in [0.4, 0.5) is 0 Å². The van der Waals surface area contributed by atoms with Crippen molar-refractivity contribution in [3.05, 3.63) is 0 Å². The summed E-state index contributed by atoms with van der Waals surface area (Å²) < 4.78 is 0.